The number of carboxylic acids is 1. The SMILES string of the molecule is CC(=O)NCc1cccc(Oc2ccc(-c3nn(C4CCC(N5CCN(C)CC5)CC4)c4ncnc(N)c34)cc2)c1.CC(=O)O. The van der Waals surface area contributed by atoms with E-state index in [1.807, 2.05) is 48.5 Å². The van der Waals surface area contributed by atoms with E-state index in [1.54, 1.807) is 0 Å². The van der Waals surface area contributed by atoms with Gasteiger partial charge in [0.2, 0.25) is 5.91 Å². The fourth-order valence-electron chi connectivity index (χ4n) is 6.07. The summed E-state index contributed by atoms with van der Waals surface area (Å²) >= 11 is 0. The zero-order chi connectivity index (χ0) is 31.9. The number of carboxylic acid groups (broad SMARTS) is 1. The van der Waals surface area contributed by atoms with Crippen LogP contribution in [0, 0.1) is 0 Å². The molecule has 0 spiro atoms. The van der Waals surface area contributed by atoms with Crippen molar-refractivity contribution in [2.24, 2.45) is 0 Å². The lowest BCUT2D eigenvalue weighted by Crippen LogP contribution is -2.49. The second-order valence-electron chi connectivity index (χ2n) is 11.8. The Bertz CT molecular complexity index is 1600. The Hall–Kier alpha value is -4.55. The Kier molecular flexibility index (Phi) is 10.3. The number of ether oxygens (including phenoxy) is 1. The number of nitrogens with one attached hydrogen (secondary N) is 1. The maximum Gasteiger partial charge on any atom is 0.300 e. The molecule has 12 heteroatoms. The number of fused-ring (bicyclic) bond motifs is 1. The van der Waals surface area contributed by atoms with E-state index in [9.17, 15) is 4.79 Å². The molecule has 2 aromatic heterocycles. The normalized spacial score (nSPS) is 19.0. The Morgan fingerprint density at radius 3 is 2.29 bits per heavy atom. The highest BCUT2D eigenvalue weighted by molar-refractivity contribution is 5.98. The molecule has 12 nitrogen and oxygen atoms in total. The minimum atomic E-state index is -0.833. The Balaban J connectivity index is 0.000000945. The Morgan fingerprint density at radius 1 is 0.956 bits per heavy atom. The molecule has 1 amide bonds. The molecule has 0 bridgehead atoms. The molecule has 1 saturated heterocycles. The maximum absolute atomic E-state index is 11.3. The average Bonchev–Trinajstić information content (AvgIpc) is 3.42. The van der Waals surface area contributed by atoms with Gasteiger partial charge >= 0.3 is 0 Å². The van der Waals surface area contributed by atoms with Crippen LogP contribution >= 0.6 is 0 Å². The van der Waals surface area contributed by atoms with Gasteiger partial charge in [0, 0.05) is 58.2 Å². The molecule has 0 unspecified atom stereocenters. The van der Waals surface area contributed by atoms with Crippen LogP contribution in [0.5, 0.6) is 11.5 Å². The van der Waals surface area contributed by atoms with Gasteiger partial charge in [-0.1, -0.05) is 12.1 Å². The lowest BCUT2D eigenvalue weighted by Gasteiger charge is -2.41. The summed E-state index contributed by atoms with van der Waals surface area (Å²) in [6.45, 7) is 7.67. The van der Waals surface area contributed by atoms with Crippen LogP contribution in [0.15, 0.2) is 54.9 Å². The van der Waals surface area contributed by atoms with E-state index in [-0.39, 0.29) is 11.9 Å². The molecular weight excluding hydrogens is 572 g/mol. The molecule has 45 heavy (non-hydrogen) atoms. The van der Waals surface area contributed by atoms with E-state index >= 15 is 0 Å². The smallest absolute Gasteiger partial charge is 0.300 e. The van der Waals surface area contributed by atoms with Crippen molar-refractivity contribution in [3.63, 3.8) is 0 Å². The van der Waals surface area contributed by atoms with Crippen molar-refractivity contribution in [3.05, 3.63) is 60.4 Å². The fourth-order valence-corrected chi connectivity index (χ4v) is 6.07. The number of nitrogen functional groups attached to an aromatic ring is 1. The highest BCUT2D eigenvalue weighted by Gasteiger charge is 2.30. The van der Waals surface area contributed by atoms with Gasteiger partial charge in [-0.05, 0) is 74.7 Å². The van der Waals surface area contributed by atoms with Crippen molar-refractivity contribution in [1.82, 2.24) is 34.9 Å². The summed E-state index contributed by atoms with van der Waals surface area (Å²) in [7, 11) is 2.21. The number of likely N-dealkylation sites (N-methyl/N-ethyl adjacent to an activating group) is 1. The molecule has 238 valence electrons. The molecule has 1 saturated carbocycles. The van der Waals surface area contributed by atoms with E-state index in [1.165, 1.54) is 26.1 Å². The monoisotopic (exact) mass is 614 g/mol. The molecular formula is C33H42N8O4. The topological polar surface area (TPSA) is 152 Å². The van der Waals surface area contributed by atoms with Gasteiger partial charge in [-0.3, -0.25) is 14.5 Å². The van der Waals surface area contributed by atoms with Gasteiger partial charge in [-0.2, -0.15) is 5.10 Å². The Morgan fingerprint density at radius 2 is 1.62 bits per heavy atom. The van der Waals surface area contributed by atoms with E-state index in [0.29, 0.717) is 29.9 Å². The van der Waals surface area contributed by atoms with Gasteiger partial charge in [0.05, 0.1) is 11.4 Å². The first kappa shape index (κ1) is 31.9. The lowest BCUT2D eigenvalue weighted by atomic mass is 9.90. The molecule has 2 aromatic carbocycles. The number of hydrogen-bond acceptors (Lipinski definition) is 9. The van der Waals surface area contributed by atoms with Crippen LogP contribution in [0.4, 0.5) is 5.82 Å². The van der Waals surface area contributed by atoms with Crippen LogP contribution in [-0.2, 0) is 16.1 Å². The van der Waals surface area contributed by atoms with Gasteiger partial charge in [-0.15, -0.1) is 0 Å². The highest BCUT2D eigenvalue weighted by Crippen LogP contribution is 2.37. The molecule has 2 aliphatic rings. The summed E-state index contributed by atoms with van der Waals surface area (Å²) in [5.74, 6) is 0.964. The van der Waals surface area contributed by atoms with Crippen molar-refractivity contribution in [1.29, 1.82) is 0 Å². The van der Waals surface area contributed by atoms with Crippen molar-refractivity contribution in [2.45, 2.75) is 58.2 Å². The molecule has 1 aliphatic heterocycles. The predicted molar refractivity (Wildman–Crippen MR) is 173 cm³/mol. The van der Waals surface area contributed by atoms with Crippen LogP contribution in [0.2, 0.25) is 0 Å². The predicted octanol–water partition coefficient (Wildman–Crippen LogP) is 4.33. The van der Waals surface area contributed by atoms with E-state index in [0.717, 1.165) is 73.8 Å². The van der Waals surface area contributed by atoms with Gasteiger partial charge in [0.1, 0.15) is 29.3 Å². The van der Waals surface area contributed by atoms with Crippen molar-refractivity contribution in [3.8, 4) is 22.8 Å². The van der Waals surface area contributed by atoms with Gasteiger partial charge in [0.25, 0.3) is 5.97 Å². The first-order valence-corrected chi connectivity index (χ1v) is 15.4. The first-order valence-electron chi connectivity index (χ1n) is 15.4. The number of nitrogens with zero attached hydrogens (tertiary/aromatic N) is 6. The number of piperazine rings is 1. The third-order valence-electron chi connectivity index (χ3n) is 8.39. The van der Waals surface area contributed by atoms with E-state index < -0.39 is 5.97 Å². The van der Waals surface area contributed by atoms with Gasteiger partial charge < -0.3 is 25.8 Å². The highest BCUT2D eigenvalue weighted by atomic mass is 16.5. The number of carbonyl (C=O) groups excluding carboxylic acids is 1. The largest absolute Gasteiger partial charge is 0.481 e. The number of rotatable bonds is 7. The summed E-state index contributed by atoms with van der Waals surface area (Å²) < 4.78 is 8.19. The quantitative estimate of drug-likeness (QED) is 0.274. The van der Waals surface area contributed by atoms with Crippen molar-refractivity contribution in [2.75, 3.05) is 39.0 Å². The molecule has 2 fully saturated rings. The van der Waals surface area contributed by atoms with Crippen LogP contribution in [-0.4, -0.2) is 85.8 Å². The number of nitrogens with two attached hydrogens (primary N) is 1. The number of hydrogen-bond donors (Lipinski definition) is 3. The van der Waals surface area contributed by atoms with Gasteiger partial charge in [0.15, 0.2) is 5.65 Å². The summed E-state index contributed by atoms with van der Waals surface area (Å²) in [6.07, 6.45) is 6.02. The first-order chi connectivity index (χ1) is 21.7. The van der Waals surface area contributed by atoms with Crippen LogP contribution < -0.4 is 15.8 Å². The molecule has 6 rings (SSSR count). The lowest BCUT2D eigenvalue weighted by molar-refractivity contribution is -0.134. The average molecular weight is 615 g/mol. The molecule has 4 aromatic rings. The third kappa shape index (κ3) is 8.14. The molecule has 0 atom stereocenters. The molecule has 4 N–H and O–H groups in total. The number of aromatic nitrogens is 4. The number of anilines is 1. The van der Waals surface area contributed by atoms with Crippen LogP contribution in [0.1, 0.15) is 51.1 Å². The minimum Gasteiger partial charge on any atom is -0.481 e. The van der Waals surface area contributed by atoms with Crippen molar-refractivity contribution >= 4 is 28.7 Å². The third-order valence-corrected chi connectivity index (χ3v) is 8.39. The maximum atomic E-state index is 11.3. The second kappa shape index (κ2) is 14.5. The number of carbonyl (C=O) groups is 2. The summed E-state index contributed by atoms with van der Waals surface area (Å²) in [6, 6.07) is 16.5. The van der Waals surface area contributed by atoms with Crippen LogP contribution in [0.25, 0.3) is 22.3 Å². The molecule has 0 radical (unpaired) electrons. The Labute approximate surface area is 263 Å². The zero-order valence-corrected chi connectivity index (χ0v) is 26.1. The van der Waals surface area contributed by atoms with E-state index in [2.05, 4.69) is 36.8 Å². The van der Waals surface area contributed by atoms with E-state index in [4.69, 9.17) is 25.5 Å². The fraction of sp³-hybridized carbons (Fsp3) is 0.424. The van der Waals surface area contributed by atoms with Crippen LogP contribution in [0.3, 0.4) is 0 Å². The zero-order valence-electron chi connectivity index (χ0n) is 26.1. The summed E-state index contributed by atoms with van der Waals surface area (Å²) in [5.41, 5.74) is 9.89. The second-order valence-corrected chi connectivity index (χ2v) is 11.8. The molecule has 3 heterocycles. The number of aliphatic carboxylic acids is 1. The number of benzene rings is 2. The molecule has 1 aliphatic carbocycles. The summed E-state index contributed by atoms with van der Waals surface area (Å²) in [5, 5.41) is 16.1. The van der Waals surface area contributed by atoms with Gasteiger partial charge in [-0.25, -0.2) is 14.6 Å². The summed E-state index contributed by atoms with van der Waals surface area (Å²) in [4.78, 5) is 34.3. The standard InChI is InChI=1S/C31H38N8O2.C2H4O2/c1-21(40)33-19-22-4-3-5-27(18-22)41-26-12-6-23(7-13-26)29-28-30(32)34-20-35-31(28)39(36-29)25-10-8-24(9-11-25)38-16-14-37(2)15-17-38;1-2(3)4/h3-7,12-13,18,20,24-25H,8-11,14-17,19H2,1-2H3,(H,33,40)(H2,32,34,35);1H3,(H,3,4). The van der Waals surface area contributed by atoms with Crippen molar-refractivity contribution < 1.29 is 19.4 Å². The minimum absolute atomic E-state index is 0.0637. The number of amides is 1.